The molecule has 48 heavy (non-hydrogen) atoms. The van der Waals surface area contributed by atoms with Crippen LogP contribution in [0.5, 0.6) is 0 Å². The molecule has 2 aromatic carbocycles. The molecule has 2 N–H and O–H groups in total. The van der Waals surface area contributed by atoms with Crippen LogP contribution in [0.25, 0.3) is 16.7 Å². The topological polar surface area (TPSA) is 148 Å². The molecular formula is C32H30F4N6O6. The fraction of sp³-hybridized carbons (Fsp3) is 0.312. The van der Waals surface area contributed by atoms with Crippen LogP contribution < -0.4 is 21.5 Å². The average molecular weight is 671 g/mol. The van der Waals surface area contributed by atoms with Gasteiger partial charge in [0.2, 0.25) is 0 Å². The largest absolute Gasteiger partial charge is 0.480 e. The van der Waals surface area contributed by atoms with Crippen LogP contribution in [0.4, 0.5) is 23.2 Å². The molecule has 1 fully saturated rings. The summed E-state index contributed by atoms with van der Waals surface area (Å²) < 4.78 is 63.1. The number of alkyl halides is 3. The average Bonchev–Trinajstić information content (AvgIpc) is 3.03. The van der Waals surface area contributed by atoms with Crippen LogP contribution in [0, 0.1) is 12.7 Å². The molecule has 0 unspecified atom stereocenters. The van der Waals surface area contributed by atoms with Crippen LogP contribution in [-0.4, -0.2) is 82.4 Å². The van der Waals surface area contributed by atoms with Crippen molar-refractivity contribution in [3.05, 3.63) is 97.6 Å². The van der Waals surface area contributed by atoms with Crippen LogP contribution in [0.15, 0.2) is 63.2 Å². The lowest BCUT2D eigenvalue weighted by Gasteiger charge is -2.38. The monoisotopic (exact) mass is 670 g/mol. The van der Waals surface area contributed by atoms with Crippen molar-refractivity contribution in [1.82, 2.24) is 19.4 Å². The van der Waals surface area contributed by atoms with E-state index >= 15 is 4.39 Å². The first kappa shape index (κ1) is 34.0. The third-order valence-corrected chi connectivity index (χ3v) is 8.02. The number of anilines is 1. The molecule has 1 aliphatic heterocycles. The predicted molar refractivity (Wildman–Crippen MR) is 168 cm³/mol. The Hall–Kier alpha value is -5.38. The maximum Gasteiger partial charge on any atom is 0.411 e. The molecule has 0 bridgehead atoms. The van der Waals surface area contributed by atoms with Crippen LogP contribution in [0.2, 0.25) is 0 Å². The lowest BCUT2D eigenvalue weighted by Crippen LogP contribution is -2.53. The summed E-state index contributed by atoms with van der Waals surface area (Å²) in [6.45, 7) is 0.547. The molecule has 0 radical (unpaired) electrons. The van der Waals surface area contributed by atoms with E-state index in [2.05, 4.69) is 15.3 Å². The number of aliphatic carboxylic acids is 1. The number of benzene rings is 2. The van der Waals surface area contributed by atoms with Crippen molar-refractivity contribution in [1.29, 1.82) is 0 Å². The van der Waals surface area contributed by atoms with Gasteiger partial charge in [0.15, 0.2) is 0 Å². The second-order valence-electron chi connectivity index (χ2n) is 11.1. The van der Waals surface area contributed by atoms with E-state index in [-0.39, 0.29) is 42.0 Å². The van der Waals surface area contributed by atoms with Gasteiger partial charge in [-0.25, -0.2) is 23.5 Å². The van der Waals surface area contributed by atoms with Crippen molar-refractivity contribution in [3.8, 4) is 5.82 Å². The molecule has 1 amide bonds. The van der Waals surface area contributed by atoms with E-state index in [4.69, 9.17) is 4.74 Å². The molecule has 12 nitrogen and oxygen atoms in total. The molecule has 16 heteroatoms. The van der Waals surface area contributed by atoms with E-state index in [1.54, 1.807) is 25.2 Å². The maximum absolute atomic E-state index is 15.3. The number of carbonyl (C=O) groups is 2. The number of carbonyl (C=O) groups excluding carboxylic acids is 1. The normalized spacial score (nSPS) is 16.0. The third-order valence-electron chi connectivity index (χ3n) is 8.02. The second-order valence-corrected chi connectivity index (χ2v) is 11.1. The highest BCUT2D eigenvalue weighted by molar-refractivity contribution is 5.99. The highest BCUT2D eigenvalue weighted by atomic mass is 19.4. The minimum absolute atomic E-state index is 0.000785. The Balaban J connectivity index is 1.38. The maximum atomic E-state index is 15.3. The molecule has 0 aliphatic carbocycles. The fourth-order valence-corrected chi connectivity index (χ4v) is 5.67. The van der Waals surface area contributed by atoms with Gasteiger partial charge in [0.1, 0.15) is 23.7 Å². The van der Waals surface area contributed by atoms with Gasteiger partial charge in [-0.15, -0.1) is 0 Å². The van der Waals surface area contributed by atoms with Gasteiger partial charge in [-0.2, -0.15) is 13.2 Å². The fourth-order valence-electron chi connectivity index (χ4n) is 5.67. The van der Waals surface area contributed by atoms with E-state index in [0.29, 0.717) is 16.6 Å². The third kappa shape index (κ3) is 6.56. The quantitative estimate of drug-likeness (QED) is 0.215. The summed E-state index contributed by atoms with van der Waals surface area (Å²) in [7, 11) is 3.05. The SMILES string of the molecule is C/N=C\c1cccc2c1c(=O)n(-c1ccc(C[C@H](NC(=O)c3c(C)cc(N4CCOC[C@@H]4C(F)(F)F)cc3F)C(=O)O)cn1)c(=O)n2C. The number of carboxylic acid groups (broad SMARTS) is 1. The van der Waals surface area contributed by atoms with Gasteiger partial charge in [0.05, 0.1) is 29.7 Å². The van der Waals surface area contributed by atoms with Gasteiger partial charge in [-0.05, 0) is 42.3 Å². The van der Waals surface area contributed by atoms with E-state index < -0.39 is 59.4 Å². The number of halogens is 4. The summed E-state index contributed by atoms with van der Waals surface area (Å²) in [6, 6.07) is 6.25. The highest BCUT2D eigenvalue weighted by Gasteiger charge is 2.45. The van der Waals surface area contributed by atoms with Gasteiger partial charge in [-0.1, -0.05) is 18.2 Å². The Morgan fingerprint density at radius 3 is 2.58 bits per heavy atom. The number of amides is 1. The van der Waals surface area contributed by atoms with Crippen LogP contribution in [0.3, 0.4) is 0 Å². The lowest BCUT2D eigenvalue weighted by molar-refractivity contribution is -0.167. The van der Waals surface area contributed by atoms with Crippen molar-refractivity contribution < 1.29 is 37.0 Å². The number of nitrogens with zero attached hydrogens (tertiary/aromatic N) is 5. The zero-order valence-electron chi connectivity index (χ0n) is 25.9. The number of morpholine rings is 1. The number of aromatic nitrogens is 3. The van der Waals surface area contributed by atoms with Crippen molar-refractivity contribution in [2.75, 3.05) is 31.7 Å². The number of carboxylic acids is 1. The van der Waals surface area contributed by atoms with Gasteiger partial charge in [0.25, 0.3) is 11.5 Å². The zero-order valence-corrected chi connectivity index (χ0v) is 25.9. The minimum atomic E-state index is -4.64. The molecule has 4 aromatic rings. The van der Waals surface area contributed by atoms with E-state index in [9.17, 15) is 37.5 Å². The number of nitrogens with one attached hydrogen (secondary N) is 1. The van der Waals surface area contributed by atoms with Crippen molar-refractivity contribution >= 4 is 34.7 Å². The summed E-state index contributed by atoms with van der Waals surface area (Å²) in [5, 5.41) is 12.3. The number of pyridine rings is 1. The smallest absolute Gasteiger partial charge is 0.411 e. The number of rotatable bonds is 8. The van der Waals surface area contributed by atoms with Gasteiger partial charge < -0.3 is 20.1 Å². The Morgan fingerprint density at radius 1 is 1.21 bits per heavy atom. The van der Waals surface area contributed by atoms with E-state index in [1.165, 1.54) is 49.1 Å². The van der Waals surface area contributed by atoms with Crippen LogP contribution in [-0.2, 0) is 23.0 Å². The number of hydrogen-bond donors (Lipinski definition) is 2. The number of fused-ring (bicyclic) bond motifs is 1. The molecule has 5 rings (SSSR count). The first-order valence-electron chi connectivity index (χ1n) is 14.6. The summed E-state index contributed by atoms with van der Waals surface area (Å²) in [5.41, 5.74) is -0.727. The van der Waals surface area contributed by atoms with Crippen molar-refractivity contribution in [2.24, 2.45) is 12.0 Å². The van der Waals surface area contributed by atoms with Crippen molar-refractivity contribution in [2.45, 2.75) is 31.6 Å². The highest BCUT2D eigenvalue weighted by Crippen LogP contribution is 2.33. The van der Waals surface area contributed by atoms with Gasteiger partial charge >= 0.3 is 17.8 Å². The Kier molecular flexibility index (Phi) is 9.47. The molecule has 0 spiro atoms. The summed E-state index contributed by atoms with van der Waals surface area (Å²) >= 11 is 0. The predicted octanol–water partition coefficient (Wildman–Crippen LogP) is 2.77. The molecule has 3 heterocycles. The summed E-state index contributed by atoms with van der Waals surface area (Å²) in [5.74, 6) is -3.69. The molecular weight excluding hydrogens is 640 g/mol. The summed E-state index contributed by atoms with van der Waals surface area (Å²) in [6.07, 6.45) is -2.22. The first-order valence-corrected chi connectivity index (χ1v) is 14.6. The zero-order chi connectivity index (χ0) is 34.9. The molecule has 2 atom stereocenters. The van der Waals surface area contributed by atoms with Gasteiger partial charge in [-0.3, -0.25) is 19.1 Å². The number of ether oxygens (including phenoxy) is 1. The van der Waals surface area contributed by atoms with Crippen molar-refractivity contribution in [3.63, 3.8) is 0 Å². The van der Waals surface area contributed by atoms with E-state index in [1.807, 2.05) is 0 Å². The second kappa shape index (κ2) is 13.4. The molecule has 2 aromatic heterocycles. The summed E-state index contributed by atoms with van der Waals surface area (Å²) in [4.78, 5) is 60.9. The number of aliphatic imine (C=N–C) groups is 1. The molecule has 252 valence electrons. The lowest BCUT2D eigenvalue weighted by atomic mass is 10.0. The van der Waals surface area contributed by atoms with Crippen LogP contribution >= 0.6 is 0 Å². The first-order chi connectivity index (χ1) is 22.7. The molecule has 1 aliphatic rings. The number of hydrogen-bond acceptors (Lipinski definition) is 8. The Labute approximate surface area is 269 Å². The minimum Gasteiger partial charge on any atom is -0.480 e. The molecule has 0 saturated carbocycles. The Morgan fingerprint density at radius 2 is 1.96 bits per heavy atom. The Bertz CT molecular complexity index is 2020. The van der Waals surface area contributed by atoms with E-state index in [0.717, 1.165) is 15.5 Å². The molecule has 1 saturated heterocycles. The van der Waals surface area contributed by atoms with Crippen LogP contribution in [0.1, 0.15) is 27.0 Å². The standard InChI is InChI=1S/C32H30F4N6O6/c1-17-11-20(41-9-10-48-16-24(41)32(34,35)36)13-21(33)26(17)28(43)39-22(30(45)46)12-18-7-8-25(38-14-18)42-29(44)27-19(15-37-2)5-4-6-23(27)40(3)31(42)47/h4-8,11,13-15,22,24H,9-10,12,16H2,1-3H3,(H,39,43)(H,45,46)/b37-15-/t22-,24+/m0/s1. The number of aryl methyl sites for hydroxylation is 2. The van der Waals surface area contributed by atoms with Gasteiger partial charge in [0, 0.05) is 50.7 Å².